The molecule has 0 saturated heterocycles. The maximum Gasteiger partial charge on any atom is 0.251 e. The summed E-state index contributed by atoms with van der Waals surface area (Å²) in [6, 6.07) is 14.3. The standard InChI is InChI=1S/C20H25NO4S/c1-3-4-11-25-19-10-6-7-16(13-19)14-21-20(22)18-9-5-8-17(12-18)15-26(2,23)24/h5-10,12-13H,3-4,11,14-15H2,1-2H3,(H,21,22). The number of ether oxygens (including phenoxy) is 1. The van der Waals surface area contributed by atoms with Crippen LogP contribution in [0.25, 0.3) is 0 Å². The summed E-state index contributed by atoms with van der Waals surface area (Å²) in [4.78, 5) is 12.3. The molecule has 5 nitrogen and oxygen atoms in total. The molecule has 2 aromatic carbocycles. The highest BCUT2D eigenvalue weighted by molar-refractivity contribution is 7.89. The van der Waals surface area contributed by atoms with Crippen LogP contribution >= 0.6 is 0 Å². The van der Waals surface area contributed by atoms with E-state index in [-0.39, 0.29) is 11.7 Å². The summed E-state index contributed by atoms with van der Waals surface area (Å²) in [5.74, 6) is 0.476. The molecule has 2 rings (SSSR count). The second kappa shape index (κ2) is 9.38. The smallest absolute Gasteiger partial charge is 0.251 e. The highest BCUT2D eigenvalue weighted by Gasteiger charge is 2.09. The fraction of sp³-hybridized carbons (Fsp3) is 0.350. The molecule has 0 aliphatic carbocycles. The Bertz CT molecular complexity index is 846. The zero-order valence-corrected chi connectivity index (χ0v) is 16.0. The molecule has 2 aromatic rings. The van der Waals surface area contributed by atoms with Crippen molar-refractivity contribution >= 4 is 15.7 Å². The molecule has 26 heavy (non-hydrogen) atoms. The Hall–Kier alpha value is -2.34. The summed E-state index contributed by atoms with van der Waals surface area (Å²) in [5.41, 5.74) is 1.99. The zero-order valence-electron chi connectivity index (χ0n) is 15.2. The second-order valence-corrected chi connectivity index (χ2v) is 8.44. The fourth-order valence-electron chi connectivity index (χ4n) is 2.47. The van der Waals surface area contributed by atoms with Crippen LogP contribution < -0.4 is 10.1 Å². The lowest BCUT2D eigenvalue weighted by Gasteiger charge is -2.09. The van der Waals surface area contributed by atoms with Gasteiger partial charge in [0, 0.05) is 18.4 Å². The van der Waals surface area contributed by atoms with E-state index in [0.717, 1.165) is 24.2 Å². The van der Waals surface area contributed by atoms with Crippen molar-refractivity contribution in [1.29, 1.82) is 0 Å². The molecule has 6 heteroatoms. The van der Waals surface area contributed by atoms with Crippen LogP contribution in [0, 0.1) is 0 Å². The Kier molecular flexibility index (Phi) is 7.21. The predicted molar refractivity (Wildman–Crippen MR) is 103 cm³/mol. The van der Waals surface area contributed by atoms with Gasteiger partial charge in [0.25, 0.3) is 5.91 Å². The largest absolute Gasteiger partial charge is 0.494 e. The van der Waals surface area contributed by atoms with Gasteiger partial charge in [-0.3, -0.25) is 4.79 Å². The average Bonchev–Trinajstić information content (AvgIpc) is 2.59. The van der Waals surface area contributed by atoms with Crippen LogP contribution in [0.15, 0.2) is 48.5 Å². The van der Waals surface area contributed by atoms with Crippen LogP contribution in [0.5, 0.6) is 5.75 Å². The van der Waals surface area contributed by atoms with E-state index in [4.69, 9.17) is 4.74 Å². The molecular formula is C20H25NO4S. The van der Waals surface area contributed by atoms with E-state index >= 15 is 0 Å². The summed E-state index contributed by atoms with van der Waals surface area (Å²) >= 11 is 0. The molecular weight excluding hydrogens is 350 g/mol. The van der Waals surface area contributed by atoms with Gasteiger partial charge in [-0.05, 0) is 41.8 Å². The Morgan fingerprint density at radius 3 is 2.54 bits per heavy atom. The van der Waals surface area contributed by atoms with E-state index in [1.165, 1.54) is 6.26 Å². The predicted octanol–water partition coefficient (Wildman–Crippen LogP) is 3.34. The molecule has 0 fully saturated rings. The van der Waals surface area contributed by atoms with Crippen LogP contribution in [-0.4, -0.2) is 27.2 Å². The number of benzene rings is 2. The first-order chi connectivity index (χ1) is 12.4. The summed E-state index contributed by atoms with van der Waals surface area (Å²) in [6.07, 6.45) is 3.26. The van der Waals surface area contributed by atoms with E-state index in [9.17, 15) is 13.2 Å². The molecule has 1 N–H and O–H groups in total. The van der Waals surface area contributed by atoms with Gasteiger partial charge in [0.05, 0.1) is 12.4 Å². The van der Waals surface area contributed by atoms with Crippen molar-refractivity contribution < 1.29 is 17.9 Å². The van der Waals surface area contributed by atoms with Crippen molar-refractivity contribution in [2.75, 3.05) is 12.9 Å². The maximum absolute atomic E-state index is 12.3. The quantitative estimate of drug-likeness (QED) is 0.682. The van der Waals surface area contributed by atoms with Gasteiger partial charge in [-0.25, -0.2) is 8.42 Å². The zero-order chi connectivity index (χ0) is 19.0. The number of amides is 1. The van der Waals surface area contributed by atoms with Gasteiger partial charge in [-0.1, -0.05) is 37.6 Å². The molecule has 0 unspecified atom stereocenters. The molecule has 0 saturated carbocycles. The molecule has 1 amide bonds. The molecule has 0 radical (unpaired) electrons. The average molecular weight is 375 g/mol. The molecule has 0 spiro atoms. The first-order valence-corrected chi connectivity index (χ1v) is 10.7. The third-order valence-electron chi connectivity index (χ3n) is 3.74. The lowest BCUT2D eigenvalue weighted by Crippen LogP contribution is -2.23. The van der Waals surface area contributed by atoms with E-state index in [1.54, 1.807) is 24.3 Å². The minimum atomic E-state index is -3.14. The van der Waals surface area contributed by atoms with Crippen LogP contribution in [0.4, 0.5) is 0 Å². The van der Waals surface area contributed by atoms with Crippen LogP contribution in [-0.2, 0) is 22.1 Å². The number of hydrogen-bond acceptors (Lipinski definition) is 4. The summed E-state index contributed by atoms with van der Waals surface area (Å²) in [5, 5.41) is 2.86. The normalized spacial score (nSPS) is 11.2. The SMILES string of the molecule is CCCCOc1cccc(CNC(=O)c2cccc(CS(C)(=O)=O)c2)c1. The van der Waals surface area contributed by atoms with Gasteiger partial charge in [0.1, 0.15) is 5.75 Å². The highest BCUT2D eigenvalue weighted by Crippen LogP contribution is 2.14. The van der Waals surface area contributed by atoms with E-state index < -0.39 is 9.84 Å². The van der Waals surface area contributed by atoms with Gasteiger partial charge < -0.3 is 10.1 Å². The van der Waals surface area contributed by atoms with Gasteiger partial charge >= 0.3 is 0 Å². The number of carbonyl (C=O) groups is 1. The van der Waals surface area contributed by atoms with Crippen LogP contribution in [0.2, 0.25) is 0 Å². The van der Waals surface area contributed by atoms with Crippen LogP contribution in [0.1, 0.15) is 41.3 Å². The van der Waals surface area contributed by atoms with Crippen molar-refractivity contribution in [3.05, 3.63) is 65.2 Å². The van der Waals surface area contributed by atoms with Crippen molar-refractivity contribution in [1.82, 2.24) is 5.32 Å². The minimum absolute atomic E-state index is 0.0781. The molecule has 0 heterocycles. The Balaban J connectivity index is 1.96. The van der Waals surface area contributed by atoms with E-state index in [0.29, 0.717) is 24.3 Å². The minimum Gasteiger partial charge on any atom is -0.494 e. The van der Waals surface area contributed by atoms with Gasteiger partial charge in [-0.2, -0.15) is 0 Å². The lowest BCUT2D eigenvalue weighted by molar-refractivity contribution is 0.0950. The van der Waals surface area contributed by atoms with Gasteiger partial charge in [-0.15, -0.1) is 0 Å². The van der Waals surface area contributed by atoms with Crippen molar-refractivity contribution in [3.63, 3.8) is 0 Å². The number of rotatable bonds is 9. The topological polar surface area (TPSA) is 72.5 Å². The summed E-state index contributed by atoms with van der Waals surface area (Å²) < 4.78 is 28.5. The van der Waals surface area contributed by atoms with Crippen molar-refractivity contribution in [2.24, 2.45) is 0 Å². The summed E-state index contributed by atoms with van der Waals surface area (Å²) in [7, 11) is -3.14. The van der Waals surface area contributed by atoms with Crippen molar-refractivity contribution in [3.8, 4) is 5.75 Å². The molecule has 0 aliphatic rings. The summed E-state index contributed by atoms with van der Waals surface area (Å²) in [6.45, 7) is 3.17. The third-order valence-corrected chi connectivity index (χ3v) is 4.59. The number of nitrogens with one attached hydrogen (secondary N) is 1. The van der Waals surface area contributed by atoms with Gasteiger partial charge in [0.2, 0.25) is 0 Å². The highest BCUT2D eigenvalue weighted by atomic mass is 32.2. The second-order valence-electron chi connectivity index (χ2n) is 6.30. The Morgan fingerprint density at radius 1 is 1.08 bits per heavy atom. The van der Waals surface area contributed by atoms with Gasteiger partial charge in [0.15, 0.2) is 9.84 Å². The fourth-order valence-corrected chi connectivity index (χ4v) is 3.25. The molecule has 0 aromatic heterocycles. The first kappa shape index (κ1) is 20.0. The van der Waals surface area contributed by atoms with Crippen LogP contribution in [0.3, 0.4) is 0 Å². The number of unbranched alkanes of at least 4 members (excludes halogenated alkanes) is 1. The maximum atomic E-state index is 12.3. The molecule has 0 atom stereocenters. The molecule has 0 aliphatic heterocycles. The van der Waals surface area contributed by atoms with E-state index in [2.05, 4.69) is 12.2 Å². The molecule has 140 valence electrons. The number of hydrogen-bond donors (Lipinski definition) is 1. The first-order valence-electron chi connectivity index (χ1n) is 8.64. The lowest BCUT2D eigenvalue weighted by atomic mass is 10.1. The number of carbonyl (C=O) groups excluding carboxylic acids is 1. The monoisotopic (exact) mass is 375 g/mol. The Labute approximate surface area is 155 Å². The third kappa shape index (κ3) is 6.88. The Morgan fingerprint density at radius 2 is 1.81 bits per heavy atom. The van der Waals surface area contributed by atoms with Crippen molar-refractivity contribution in [2.45, 2.75) is 32.1 Å². The van der Waals surface area contributed by atoms with E-state index in [1.807, 2.05) is 24.3 Å². The molecule has 0 bridgehead atoms. The number of sulfone groups is 1.